The van der Waals surface area contributed by atoms with Crippen LogP contribution in [0.5, 0.6) is 0 Å². The smallest absolute Gasteiger partial charge is 0.220 e. The molecule has 0 spiro atoms. The molecule has 0 aromatic heterocycles. The Labute approximate surface area is 502 Å². The van der Waals surface area contributed by atoms with Crippen molar-refractivity contribution in [2.24, 2.45) is 0 Å². The number of aliphatic hydroxyl groups excluding tert-OH is 5. The molecule has 1 rings (SSSR count). The molecule has 6 N–H and O–H groups in total. The van der Waals surface area contributed by atoms with Gasteiger partial charge in [-0.25, -0.2) is 0 Å². The van der Waals surface area contributed by atoms with Crippen LogP contribution in [0.4, 0.5) is 0 Å². The van der Waals surface area contributed by atoms with Crippen LogP contribution in [0.25, 0.3) is 0 Å². The van der Waals surface area contributed by atoms with E-state index >= 15 is 0 Å². The average Bonchev–Trinajstić information content (AvgIpc) is 3.57. The van der Waals surface area contributed by atoms with Gasteiger partial charge in [-0.3, -0.25) is 4.79 Å². The van der Waals surface area contributed by atoms with Gasteiger partial charge < -0.3 is 40.3 Å². The zero-order valence-corrected chi connectivity index (χ0v) is 52.2. The van der Waals surface area contributed by atoms with E-state index < -0.39 is 49.5 Å². The first-order valence-electron chi connectivity index (χ1n) is 33.4. The number of allylic oxidation sites excluding steroid dienone is 22. The van der Waals surface area contributed by atoms with Gasteiger partial charge in [-0.1, -0.05) is 295 Å². The molecule has 0 aromatic rings. The van der Waals surface area contributed by atoms with Crippen molar-refractivity contribution in [1.82, 2.24) is 5.32 Å². The van der Waals surface area contributed by atoms with Crippen LogP contribution in [0.15, 0.2) is 134 Å². The van der Waals surface area contributed by atoms with Crippen molar-refractivity contribution >= 4 is 5.91 Å². The van der Waals surface area contributed by atoms with E-state index in [1.54, 1.807) is 0 Å². The lowest BCUT2D eigenvalue weighted by atomic mass is 9.99. The highest BCUT2D eigenvalue weighted by Crippen LogP contribution is 2.23. The van der Waals surface area contributed by atoms with Crippen molar-refractivity contribution in [3.8, 4) is 0 Å². The molecular weight excluding hydrogens is 1020 g/mol. The topological polar surface area (TPSA) is 149 Å². The normalized spacial score (nSPS) is 19.2. The molecule has 0 radical (unpaired) electrons. The van der Waals surface area contributed by atoms with Crippen molar-refractivity contribution in [3.63, 3.8) is 0 Å². The Balaban J connectivity index is 2.15. The van der Waals surface area contributed by atoms with E-state index in [2.05, 4.69) is 153 Å². The van der Waals surface area contributed by atoms with E-state index in [4.69, 9.17) is 9.47 Å². The minimum atomic E-state index is -1.56. The second kappa shape index (κ2) is 60.5. The van der Waals surface area contributed by atoms with Gasteiger partial charge in [-0.15, -0.1) is 0 Å². The number of unbranched alkanes of at least 4 members (excludes halogenated alkanes) is 24. The lowest BCUT2D eigenvalue weighted by Gasteiger charge is -2.40. The average molecular weight is 1140 g/mol. The van der Waals surface area contributed by atoms with Crippen molar-refractivity contribution in [2.45, 2.75) is 307 Å². The molecule has 0 aromatic carbocycles. The van der Waals surface area contributed by atoms with E-state index in [0.29, 0.717) is 12.8 Å². The number of hydrogen-bond donors (Lipinski definition) is 6. The lowest BCUT2D eigenvalue weighted by Crippen LogP contribution is -2.60. The van der Waals surface area contributed by atoms with E-state index in [-0.39, 0.29) is 12.5 Å². The van der Waals surface area contributed by atoms with Crippen LogP contribution in [0, 0.1) is 0 Å². The summed E-state index contributed by atoms with van der Waals surface area (Å²) in [6, 6.07) is -0.735. The van der Waals surface area contributed by atoms with Crippen LogP contribution in [0.3, 0.4) is 0 Å². The summed E-state index contributed by atoms with van der Waals surface area (Å²) in [7, 11) is 0. The van der Waals surface area contributed by atoms with Crippen molar-refractivity contribution in [3.05, 3.63) is 134 Å². The van der Waals surface area contributed by atoms with E-state index in [9.17, 15) is 30.3 Å². The number of nitrogens with one attached hydrogen (secondary N) is 1. The third-order valence-corrected chi connectivity index (χ3v) is 15.0. The van der Waals surface area contributed by atoms with Crippen molar-refractivity contribution in [1.29, 1.82) is 0 Å². The Bertz CT molecular complexity index is 1750. The maximum Gasteiger partial charge on any atom is 0.220 e. The number of carbonyl (C=O) groups is 1. The molecule has 1 aliphatic rings. The minimum absolute atomic E-state index is 0.149. The molecular formula is C73H123NO8. The molecule has 0 bridgehead atoms. The molecule has 7 atom stereocenters. The summed E-state index contributed by atoms with van der Waals surface area (Å²) >= 11 is 0. The zero-order chi connectivity index (χ0) is 59.3. The Morgan fingerprint density at radius 2 is 0.756 bits per heavy atom. The molecule has 7 unspecified atom stereocenters. The summed E-state index contributed by atoms with van der Waals surface area (Å²) < 4.78 is 11.3. The van der Waals surface area contributed by atoms with Gasteiger partial charge in [0.25, 0.3) is 0 Å². The van der Waals surface area contributed by atoms with Crippen LogP contribution in [-0.2, 0) is 14.3 Å². The third-order valence-electron chi connectivity index (χ3n) is 15.0. The van der Waals surface area contributed by atoms with Gasteiger partial charge in [0, 0.05) is 6.42 Å². The Morgan fingerprint density at radius 1 is 0.427 bits per heavy atom. The standard InChI is InChI=1S/C73H123NO8/c1-3-5-7-9-11-13-15-17-19-21-23-24-25-26-27-28-29-30-31-32-33-34-35-36-37-38-39-40-41-42-43-44-45-47-49-51-53-55-57-59-61-63-69(77)74-66(65-81-73-72(80)71(79)70(78)68(64-75)82-73)67(76)62-60-58-56-54-52-50-48-46-22-20-18-16-14-12-10-8-6-4-2/h5,7,11,13,17,19,23-24,26-27,29-30,32-33,35-36,38-39,41-42,44-45,66-68,70-73,75-76,78-80H,3-4,6,8-10,12,14-16,18,20-22,25,28,31,34,37,40,43,46-65H2,1-2H3,(H,74,77)/b7-5-,13-11-,19-17-,24-23-,27-26-,30-29-,33-32-,36-35-,39-38-,42-41-,45-44-. The summed E-state index contributed by atoms with van der Waals surface area (Å²) in [5, 5.41) is 54.8. The molecule has 0 aliphatic carbocycles. The molecule has 1 aliphatic heterocycles. The highest BCUT2D eigenvalue weighted by Gasteiger charge is 2.44. The van der Waals surface area contributed by atoms with Crippen LogP contribution in [-0.4, -0.2) is 87.5 Å². The van der Waals surface area contributed by atoms with Crippen LogP contribution >= 0.6 is 0 Å². The lowest BCUT2D eigenvalue weighted by molar-refractivity contribution is -0.302. The highest BCUT2D eigenvalue weighted by molar-refractivity contribution is 5.76. The van der Waals surface area contributed by atoms with Crippen LogP contribution in [0.1, 0.15) is 264 Å². The van der Waals surface area contributed by atoms with Gasteiger partial charge in [-0.05, 0) is 96.3 Å². The fraction of sp³-hybridized carbons (Fsp3) is 0.685. The van der Waals surface area contributed by atoms with E-state index in [1.165, 1.54) is 116 Å². The quantitative estimate of drug-likeness (QED) is 0.0261. The Kier molecular flexibility index (Phi) is 56.3. The minimum Gasteiger partial charge on any atom is -0.394 e. The molecule has 1 heterocycles. The predicted molar refractivity (Wildman–Crippen MR) is 350 cm³/mol. The summed E-state index contributed by atoms with van der Waals surface area (Å²) in [5.74, 6) is -0.159. The van der Waals surface area contributed by atoms with Crippen LogP contribution in [0.2, 0.25) is 0 Å². The third kappa shape index (κ3) is 48.7. The maximum atomic E-state index is 13.1. The monoisotopic (exact) mass is 1140 g/mol. The van der Waals surface area contributed by atoms with Gasteiger partial charge in [0.2, 0.25) is 5.91 Å². The molecule has 0 saturated carbocycles. The molecule has 1 fully saturated rings. The largest absolute Gasteiger partial charge is 0.394 e. The second-order valence-electron chi connectivity index (χ2n) is 22.5. The van der Waals surface area contributed by atoms with Gasteiger partial charge in [0.05, 0.1) is 25.4 Å². The second-order valence-corrected chi connectivity index (χ2v) is 22.5. The van der Waals surface area contributed by atoms with Crippen LogP contribution < -0.4 is 5.32 Å². The summed E-state index contributed by atoms with van der Waals surface area (Å²) in [5.41, 5.74) is 0. The van der Waals surface area contributed by atoms with Gasteiger partial charge in [-0.2, -0.15) is 0 Å². The maximum absolute atomic E-state index is 13.1. The number of hydrogen-bond acceptors (Lipinski definition) is 8. The highest BCUT2D eigenvalue weighted by atomic mass is 16.7. The fourth-order valence-electron chi connectivity index (χ4n) is 9.81. The van der Waals surface area contributed by atoms with Gasteiger partial charge >= 0.3 is 0 Å². The SMILES string of the molecule is CC/C=C\C/C=C\C/C=C\C/C=C\C/C=C\C/C=C\C/C=C\C/C=C\C/C=C\C/C=C\C/C=C\CCCCCCCCCC(=O)NC(COC1OC(CO)C(O)C(O)C1O)C(O)CCCCCCCCCCCCCCCCCCCC. The number of amides is 1. The predicted octanol–water partition coefficient (Wildman–Crippen LogP) is 18.0. The number of aliphatic hydroxyl groups is 5. The number of carbonyl (C=O) groups excluding carboxylic acids is 1. The number of ether oxygens (including phenoxy) is 2. The first-order chi connectivity index (χ1) is 40.3. The Morgan fingerprint density at radius 3 is 1.12 bits per heavy atom. The number of rotatable bonds is 56. The van der Waals surface area contributed by atoms with Crippen molar-refractivity contribution in [2.75, 3.05) is 13.2 Å². The molecule has 1 amide bonds. The summed E-state index contributed by atoms with van der Waals surface area (Å²) in [6.45, 7) is 3.73. The Hall–Kier alpha value is -3.67. The van der Waals surface area contributed by atoms with Gasteiger partial charge in [0.1, 0.15) is 24.4 Å². The summed E-state index contributed by atoms with van der Waals surface area (Å²) in [4.78, 5) is 13.1. The fourth-order valence-corrected chi connectivity index (χ4v) is 9.81. The summed E-state index contributed by atoms with van der Waals surface area (Å²) in [6.07, 6.45) is 84.9. The van der Waals surface area contributed by atoms with Crippen molar-refractivity contribution < 1.29 is 39.8 Å². The first-order valence-corrected chi connectivity index (χ1v) is 33.4. The van der Waals surface area contributed by atoms with Gasteiger partial charge in [0.15, 0.2) is 6.29 Å². The molecule has 82 heavy (non-hydrogen) atoms. The molecule has 9 heteroatoms. The van der Waals surface area contributed by atoms with E-state index in [0.717, 1.165) is 122 Å². The zero-order valence-electron chi connectivity index (χ0n) is 52.2. The first kappa shape index (κ1) is 76.3. The molecule has 468 valence electrons. The van der Waals surface area contributed by atoms with E-state index in [1.807, 2.05) is 0 Å². The molecule has 1 saturated heterocycles. The molecule has 9 nitrogen and oxygen atoms in total.